The van der Waals surface area contributed by atoms with Crippen LogP contribution in [0.3, 0.4) is 0 Å². The summed E-state index contributed by atoms with van der Waals surface area (Å²) in [5, 5.41) is 8.96. The molecule has 1 nitrogen and oxygen atoms in total. The highest BCUT2D eigenvalue weighted by Gasteiger charge is 1.97. The van der Waals surface area contributed by atoms with Crippen LogP contribution in [0.15, 0.2) is 12.4 Å². The normalized spacial score (nSPS) is 14.6. The predicted octanol–water partition coefficient (Wildman–Crippen LogP) is 2.02. The minimum absolute atomic E-state index is 0.359. The van der Waals surface area contributed by atoms with E-state index in [1.165, 1.54) is 6.08 Å². The first kappa shape index (κ1) is 8.63. The summed E-state index contributed by atoms with van der Waals surface area (Å²) in [4.78, 5) is 0. The second-order valence-electron chi connectivity index (χ2n) is 2.04. The van der Waals surface area contributed by atoms with Gasteiger partial charge < -0.3 is 5.11 Å². The number of aliphatic hydroxyl groups excluding tert-OH is 1. The fourth-order valence-corrected chi connectivity index (χ4v) is 0.660. The molecule has 1 N–H and O–H groups in total. The summed E-state index contributed by atoms with van der Waals surface area (Å²) < 4.78 is 11.3. The zero-order chi connectivity index (χ0) is 7.11. The van der Waals surface area contributed by atoms with Gasteiger partial charge in [-0.2, -0.15) is 0 Å². The van der Waals surface area contributed by atoms with Gasteiger partial charge in [0.15, 0.2) is 0 Å². The number of rotatable bonds is 4. The number of hydrogen-bond acceptors (Lipinski definition) is 1. The molecule has 0 aliphatic carbocycles. The summed E-state index contributed by atoms with van der Waals surface area (Å²) in [5.74, 6) is 0. The van der Waals surface area contributed by atoms with Crippen LogP contribution < -0.4 is 0 Å². The molecule has 0 fully saturated rings. The molecule has 0 radical (unpaired) electrons. The topological polar surface area (TPSA) is 20.2 Å². The van der Waals surface area contributed by atoms with Crippen molar-refractivity contribution < 1.29 is 9.50 Å². The van der Waals surface area contributed by atoms with Crippen molar-refractivity contribution in [3.05, 3.63) is 12.4 Å². The lowest BCUT2D eigenvalue weighted by atomic mass is 10.1. The Kier molecular flexibility index (Phi) is 5.52. The van der Waals surface area contributed by atoms with Crippen molar-refractivity contribution in [2.24, 2.45) is 0 Å². The third-order valence-corrected chi connectivity index (χ3v) is 1.12. The average molecular weight is 132 g/mol. The summed E-state index contributed by atoms with van der Waals surface area (Å²) >= 11 is 0. The van der Waals surface area contributed by atoms with Crippen LogP contribution in [-0.2, 0) is 0 Å². The van der Waals surface area contributed by atoms with Crippen LogP contribution in [0.25, 0.3) is 0 Å². The first-order chi connectivity index (χ1) is 4.31. The van der Waals surface area contributed by atoms with Gasteiger partial charge in [-0.25, -0.2) is 4.39 Å². The number of halogens is 1. The largest absolute Gasteiger partial charge is 0.393 e. The van der Waals surface area contributed by atoms with E-state index in [2.05, 4.69) is 0 Å². The lowest BCUT2D eigenvalue weighted by Gasteiger charge is -2.02. The second-order valence-corrected chi connectivity index (χ2v) is 2.04. The Morgan fingerprint density at radius 1 is 1.67 bits per heavy atom. The molecule has 2 heteroatoms. The van der Waals surface area contributed by atoms with Gasteiger partial charge in [0.25, 0.3) is 0 Å². The Bertz CT molecular complexity index is 81.0. The molecule has 0 aromatic carbocycles. The van der Waals surface area contributed by atoms with Crippen LogP contribution in [-0.4, -0.2) is 11.2 Å². The van der Waals surface area contributed by atoms with Crippen molar-refractivity contribution in [3.8, 4) is 0 Å². The molecule has 0 aliphatic heterocycles. The van der Waals surface area contributed by atoms with Gasteiger partial charge in [0.05, 0.1) is 12.4 Å². The van der Waals surface area contributed by atoms with Crippen LogP contribution in [0.1, 0.15) is 26.2 Å². The van der Waals surface area contributed by atoms with Crippen LogP contribution in [0.2, 0.25) is 0 Å². The first-order valence-corrected chi connectivity index (χ1v) is 3.24. The highest BCUT2D eigenvalue weighted by molar-refractivity contribution is 4.75. The van der Waals surface area contributed by atoms with Gasteiger partial charge in [-0.15, -0.1) is 0 Å². The summed E-state index contributed by atoms with van der Waals surface area (Å²) in [7, 11) is 0. The Morgan fingerprint density at radius 2 is 2.33 bits per heavy atom. The van der Waals surface area contributed by atoms with Gasteiger partial charge in [0, 0.05) is 0 Å². The third kappa shape index (κ3) is 5.50. The molecule has 0 aliphatic rings. The van der Waals surface area contributed by atoms with Gasteiger partial charge in [-0.1, -0.05) is 19.4 Å². The zero-order valence-corrected chi connectivity index (χ0v) is 5.68. The van der Waals surface area contributed by atoms with Crippen LogP contribution in [0.4, 0.5) is 4.39 Å². The molecule has 0 heterocycles. The van der Waals surface area contributed by atoms with Gasteiger partial charge >= 0.3 is 0 Å². The molecule has 0 aromatic heterocycles. The van der Waals surface area contributed by atoms with Crippen molar-refractivity contribution >= 4 is 0 Å². The average Bonchev–Trinajstić information content (AvgIpc) is 1.85. The fourth-order valence-electron chi connectivity index (χ4n) is 0.660. The maximum atomic E-state index is 11.3. The quantitative estimate of drug-likeness (QED) is 0.620. The minimum atomic E-state index is -0.359. The molecule has 0 saturated heterocycles. The Labute approximate surface area is 55.2 Å². The molecule has 1 atom stereocenters. The molecule has 0 saturated carbocycles. The molecule has 0 aromatic rings. The molecule has 0 amide bonds. The summed E-state index contributed by atoms with van der Waals surface area (Å²) in [6, 6.07) is 0. The predicted molar refractivity (Wildman–Crippen MR) is 35.8 cm³/mol. The van der Waals surface area contributed by atoms with E-state index in [-0.39, 0.29) is 6.10 Å². The SMILES string of the molecule is CCC[C@H](O)C/C=C\F. The van der Waals surface area contributed by atoms with Crippen molar-refractivity contribution in [2.45, 2.75) is 32.3 Å². The summed E-state index contributed by atoms with van der Waals surface area (Å²) in [5.41, 5.74) is 0. The van der Waals surface area contributed by atoms with Gasteiger partial charge in [0.1, 0.15) is 0 Å². The van der Waals surface area contributed by atoms with Gasteiger partial charge in [-0.3, -0.25) is 0 Å². The van der Waals surface area contributed by atoms with E-state index in [0.717, 1.165) is 12.8 Å². The minimum Gasteiger partial charge on any atom is -0.393 e. The Balaban J connectivity index is 3.15. The van der Waals surface area contributed by atoms with Crippen LogP contribution in [0.5, 0.6) is 0 Å². The number of hydrogen-bond donors (Lipinski definition) is 1. The molecule has 0 spiro atoms. The van der Waals surface area contributed by atoms with E-state index >= 15 is 0 Å². The van der Waals surface area contributed by atoms with E-state index in [4.69, 9.17) is 5.11 Å². The Morgan fingerprint density at radius 3 is 2.78 bits per heavy atom. The maximum Gasteiger partial charge on any atom is 0.0828 e. The van der Waals surface area contributed by atoms with Crippen LogP contribution in [0, 0.1) is 0 Å². The lowest BCUT2D eigenvalue weighted by molar-refractivity contribution is 0.166. The molecule has 0 unspecified atom stereocenters. The van der Waals surface area contributed by atoms with Gasteiger partial charge in [-0.05, 0) is 12.8 Å². The standard InChI is InChI=1S/C7H13FO/c1-2-4-7(9)5-3-6-8/h3,6-7,9H,2,4-5H2,1H3/b6-3-/t7-/m0/s1. The lowest BCUT2D eigenvalue weighted by Crippen LogP contribution is -2.02. The number of aliphatic hydroxyl groups is 1. The van der Waals surface area contributed by atoms with E-state index in [9.17, 15) is 4.39 Å². The summed E-state index contributed by atoms with van der Waals surface area (Å²) in [6.45, 7) is 1.99. The van der Waals surface area contributed by atoms with E-state index < -0.39 is 0 Å². The van der Waals surface area contributed by atoms with Crippen molar-refractivity contribution in [1.82, 2.24) is 0 Å². The highest BCUT2D eigenvalue weighted by Crippen LogP contribution is 2.01. The second kappa shape index (κ2) is 5.76. The highest BCUT2D eigenvalue weighted by atomic mass is 19.1. The van der Waals surface area contributed by atoms with Crippen LogP contribution >= 0.6 is 0 Å². The van der Waals surface area contributed by atoms with Crippen molar-refractivity contribution in [2.75, 3.05) is 0 Å². The molecule has 54 valence electrons. The van der Waals surface area contributed by atoms with Gasteiger partial charge in [0.2, 0.25) is 0 Å². The first-order valence-electron chi connectivity index (χ1n) is 3.24. The van der Waals surface area contributed by atoms with E-state index in [1.807, 2.05) is 6.92 Å². The smallest absolute Gasteiger partial charge is 0.0828 e. The van der Waals surface area contributed by atoms with E-state index in [0.29, 0.717) is 12.8 Å². The zero-order valence-electron chi connectivity index (χ0n) is 5.68. The van der Waals surface area contributed by atoms with Crippen molar-refractivity contribution in [3.63, 3.8) is 0 Å². The Hall–Kier alpha value is -0.370. The molecular weight excluding hydrogens is 119 g/mol. The molecule has 9 heavy (non-hydrogen) atoms. The monoisotopic (exact) mass is 132 g/mol. The van der Waals surface area contributed by atoms with E-state index in [1.54, 1.807) is 0 Å². The maximum absolute atomic E-state index is 11.3. The molecule has 0 bridgehead atoms. The molecule has 0 rings (SSSR count). The fraction of sp³-hybridized carbons (Fsp3) is 0.714. The molecular formula is C7H13FO. The van der Waals surface area contributed by atoms with Crippen molar-refractivity contribution in [1.29, 1.82) is 0 Å². The summed E-state index contributed by atoms with van der Waals surface area (Å²) in [6.07, 6.45) is 3.58. The third-order valence-electron chi connectivity index (χ3n) is 1.12.